The third-order valence-corrected chi connectivity index (χ3v) is 7.40. The van der Waals surface area contributed by atoms with E-state index in [-0.39, 0.29) is 10.8 Å². The smallest absolute Gasteiger partial charge is 0.264 e. The second-order valence-electron chi connectivity index (χ2n) is 8.19. The molecule has 166 valence electrons. The first-order valence-electron chi connectivity index (χ1n) is 10.6. The highest BCUT2D eigenvalue weighted by Crippen LogP contribution is 2.32. The number of likely N-dealkylation sites (N-methyl/N-ethyl adjacent to an activating group) is 1. The molecule has 0 aliphatic carbocycles. The molecule has 0 spiro atoms. The number of hydrogen-bond donors (Lipinski definition) is 1. The predicted octanol–water partition coefficient (Wildman–Crippen LogP) is 3.79. The molecule has 0 saturated heterocycles. The number of nitrogens with one attached hydrogen (secondary N) is 1. The fraction of sp³-hybridized carbons (Fsp3) is 0.240. The van der Waals surface area contributed by atoms with E-state index in [1.807, 2.05) is 62.6 Å². The van der Waals surface area contributed by atoms with Gasteiger partial charge in [0.15, 0.2) is 0 Å². The molecule has 4 rings (SSSR count). The molecule has 0 atom stereocenters. The summed E-state index contributed by atoms with van der Waals surface area (Å²) in [6.45, 7) is 1.35. The minimum Gasteiger partial charge on any atom is -0.322 e. The molecule has 1 N–H and O–H groups in total. The van der Waals surface area contributed by atoms with Gasteiger partial charge in [0, 0.05) is 24.3 Å². The van der Waals surface area contributed by atoms with Crippen LogP contribution in [-0.2, 0) is 22.9 Å². The molecule has 0 saturated carbocycles. The summed E-state index contributed by atoms with van der Waals surface area (Å²) in [7, 11) is 0.316. The van der Waals surface area contributed by atoms with Gasteiger partial charge in [0.1, 0.15) is 0 Å². The number of sulfonamides is 1. The van der Waals surface area contributed by atoms with Crippen LogP contribution >= 0.6 is 0 Å². The largest absolute Gasteiger partial charge is 0.322 e. The highest BCUT2D eigenvalue weighted by atomic mass is 32.2. The maximum absolute atomic E-state index is 13.3. The molecule has 1 aliphatic rings. The van der Waals surface area contributed by atoms with Gasteiger partial charge in [-0.25, -0.2) is 8.42 Å². The molecule has 1 amide bonds. The van der Waals surface area contributed by atoms with Crippen molar-refractivity contribution >= 4 is 27.3 Å². The highest BCUT2D eigenvalue weighted by Gasteiger charge is 2.30. The molecule has 0 aromatic heterocycles. The molecule has 0 radical (unpaired) electrons. The zero-order valence-electron chi connectivity index (χ0n) is 18.3. The zero-order chi connectivity index (χ0) is 22.7. The van der Waals surface area contributed by atoms with Crippen LogP contribution in [-0.4, -0.2) is 46.4 Å². The molecule has 6 nitrogen and oxygen atoms in total. The van der Waals surface area contributed by atoms with Gasteiger partial charge >= 0.3 is 0 Å². The van der Waals surface area contributed by atoms with Gasteiger partial charge in [-0.1, -0.05) is 36.4 Å². The molecule has 32 heavy (non-hydrogen) atoms. The molecule has 3 aromatic carbocycles. The quantitative estimate of drug-likeness (QED) is 0.596. The van der Waals surface area contributed by atoms with E-state index in [1.54, 1.807) is 12.1 Å². The maximum atomic E-state index is 13.3. The van der Waals surface area contributed by atoms with E-state index in [9.17, 15) is 13.2 Å². The highest BCUT2D eigenvalue weighted by molar-refractivity contribution is 7.92. The number of carbonyl (C=O) groups excluding carboxylic acids is 1. The first-order chi connectivity index (χ1) is 15.3. The lowest BCUT2D eigenvalue weighted by Crippen LogP contribution is -2.29. The van der Waals surface area contributed by atoms with Crippen molar-refractivity contribution in [2.75, 3.05) is 36.8 Å². The molecular weight excluding hydrogens is 422 g/mol. The third kappa shape index (κ3) is 4.69. The van der Waals surface area contributed by atoms with E-state index in [1.165, 1.54) is 22.0 Å². The Morgan fingerprint density at radius 2 is 1.75 bits per heavy atom. The Bertz CT molecular complexity index is 1220. The van der Waals surface area contributed by atoms with Gasteiger partial charge in [0.05, 0.1) is 10.6 Å². The summed E-state index contributed by atoms with van der Waals surface area (Å²) in [4.78, 5) is 15.0. The Hall–Kier alpha value is -3.16. The van der Waals surface area contributed by atoms with Crippen molar-refractivity contribution in [1.29, 1.82) is 0 Å². The van der Waals surface area contributed by atoms with Crippen LogP contribution in [0.4, 0.5) is 11.4 Å². The van der Waals surface area contributed by atoms with Gasteiger partial charge < -0.3 is 10.2 Å². The zero-order valence-corrected chi connectivity index (χ0v) is 19.1. The Labute approximate surface area is 189 Å². The lowest BCUT2D eigenvalue weighted by molar-refractivity contribution is 0.102. The molecule has 0 bridgehead atoms. The maximum Gasteiger partial charge on any atom is 0.264 e. The number of para-hydroxylation sites is 1. The standard InChI is InChI=1S/C25H27N3O3S/c1-27(2)16-14-19-10-12-22(13-11-19)26-25(29)21-7-5-8-23(18-21)32(30,31)28-17-15-20-6-3-4-9-24(20)28/h3-13,18H,14-17H2,1-2H3,(H,26,29). The number of hydrogen-bond acceptors (Lipinski definition) is 4. The molecule has 0 unspecified atom stereocenters. The molecule has 0 fully saturated rings. The van der Waals surface area contributed by atoms with E-state index in [4.69, 9.17) is 0 Å². The minimum atomic E-state index is -3.75. The third-order valence-electron chi connectivity index (χ3n) is 5.59. The summed E-state index contributed by atoms with van der Waals surface area (Å²) in [5, 5.41) is 2.86. The summed E-state index contributed by atoms with van der Waals surface area (Å²) >= 11 is 0. The van der Waals surface area contributed by atoms with Gasteiger partial charge in [-0.2, -0.15) is 0 Å². The van der Waals surface area contributed by atoms with E-state index < -0.39 is 10.0 Å². The normalized spacial score (nSPS) is 13.3. The minimum absolute atomic E-state index is 0.112. The summed E-state index contributed by atoms with van der Waals surface area (Å²) in [5.41, 5.74) is 3.88. The Morgan fingerprint density at radius 3 is 2.50 bits per heavy atom. The average molecular weight is 450 g/mol. The lowest BCUT2D eigenvalue weighted by Gasteiger charge is -2.20. The number of anilines is 2. The van der Waals surface area contributed by atoms with Crippen molar-refractivity contribution in [2.45, 2.75) is 17.7 Å². The summed E-state index contributed by atoms with van der Waals surface area (Å²) in [6, 6.07) is 21.4. The fourth-order valence-corrected chi connectivity index (χ4v) is 5.34. The number of nitrogens with zero attached hydrogens (tertiary/aromatic N) is 2. The van der Waals surface area contributed by atoms with Crippen LogP contribution in [0.25, 0.3) is 0 Å². The van der Waals surface area contributed by atoms with Gasteiger partial charge in [0.25, 0.3) is 15.9 Å². The van der Waals surface area contributed by atoms with E-state index >= 15 is 0 Å². The van der Waals surface area contributed by atoms with Gasteiger partial charge in [-0.3, -0.25) is 9.10 Å². The van der Waals surface area contributed by atoms with Crippen LogP contribution in [0.15, 0.2) is 77.7 Å². The Kier molecular flexibility index (Phi) is 6.30. The van der Waals surface area contributed by atoms with Crippen LogP contribution in [0, 0.1) is 0 Å². The molecule has 1 aliphatic heterocycles. The number of benzene rings is 3. The summed E-state index contributed by atoms with van der Waals surface area (Å²) < 4.78 is 28.0. The van der Waals surface area contributed by atoms with E-state index in [0.717, 1.165) is 18.5 Å². The lowest BCUT2D eigenvalue weighted by atomic mass is 10.1. The monoisotopic (exact) mass is 449 g/mol. The molecule has 3 aromatic rings. The molecule has 1 heterocycles. The fourth-order valence-electron chi connectivity index (χ4n) is 3.79. The van der Waals surface area contributed by atoms with Crippen molar-refractivity contribution in [3.63, 3.8) is 0 Å². The Balaban J connectivity index is 1.50. The van der Waals surface area contributed by atoms with Gasteiger partial charge in [-0.05, 0) is 74.5 Å². The Morgan fingerprint density at radius 1 is 1.00 bits per heavy atom. The van der Waals surface area contributed by atoms with Gasteiger partial charge in [0.2, 0.25) is 0 Å². The van der Waals surface area contributed by atoms with Crippen molar-refractivity contribution < 1.29 is 13.2 Å². The number of amides is 1. The van der Waals surface area contributed by atoms with Crippen LogP contribution in [0.5, 0.6) is 0 Å². The second kappa shape index (κ2) is 9.14. The van der Waals surface area contributed by atoms with Crippen molar-refractivity contribution in [3.05, 3.63) is 89.5 Å². The van der Waals surface area contributed by atoms with E-state index in [2.05, 4.69) is 10.2 Å². The van der Waals surface area contributed by atoms with Crippen molar-refractivity contribution in [3.8, 4) is 0 Å². The van der Waals surface area contributed by atoms with Crippen molar-refractivity contribution in [1.82, 2.24) is 4.90 Å². The van der Waals surface area contributed by atoms with Crippen LogP contribution in [0.1, 0.15) is 21.5 Å². The summed E-state index contributed by atoms with van der Waals surface area (Å²) in [5.74, 6) is -0.343. The van der Waals surface area contributed by atoms with Crippen LogP contribution < -0.4 is 9.62 Å². The number of carbonyl (C=O) groups is 1. The second-order valence-corrected chi connectivity index (χ2v) is 10.1. The first kappa shape index (κ1) is 22.0. The molecular formula is C25H27N3O3S. The first-order valence-corrected chi connectivity index (χ1v) is 12.0. The van der Waals surface area contributed by atoms with Crippen LogP contribution in [0.2, 0.25) is 0 Å². The average Bonchev–Trinajstić information content (AvgIpc) is 3.24. The number of fused-ring (bicyclic) bond motifs is 1. The van der Waals surface area contributed by atoms with Gasteiger partial charge in [-0.15, -0.1) is 0 Å². The summed E-state index contributed by atoms with van der Waals surface area (Å²) in [6.07, 6.45) is 1.61. The van der Waals surface area contributed by atoms with Crippen LogP contribution in [0.3, 0.4) is 0 Å². The van der Waals surface area contributed by atoms with E-state index in [0.29, 0.717) is 29.9 Å². The molecule has 7 heteroatoms. The van der Waals surface area contributed by atoms with Crippen molar-refractivity contribution in [2.24, 2.45) is 0 Å². The topological polar surface area (TPSA) is 69.7 Å². The number of rotatable bonds is 7. The predicted molar refractivity (Wildman–Crippen MR) is 128 cm³/mol. The SMILES string of the molecule is CN(C)CCc1ccc(NC(=O)c2cccc(S(=O)(=O)N3CCc4ccccc43)c2)cc1.